The minimum Gasteiger partial charge on any atom is -0.741 e. The standard InChI is InChI=1S/C7H7.CHF3O3S.Cu/c1-7-5-3-2-4-6-7;2-1(3,4)8(5,6)7;/h2-5H,1H3;(H,5,6,7);/q-1;;+2/p-1. The number of benzene rings is 1. The predicted molar refractivity (Wildman–Crippen MR) is 45.8 cm³/mol. The van der Waals surface area contributed by atoms with E-state index in [0.29, 0.717) is 0 Å². The third-order valence-electron chi connectivity index (χ3n) is 1.15. The summed E-state index contributed by atoms with van der Waals surface area (Å²) in [4.78, 5) is 0. The summed E-state index contributed by atoms with van der Waals surface area (Å²) < 4.78 is 58.9. The van der Waals surface area contributed by atoms with Crippen molar-refractivity contribution in [2.45, 2.75) is 12.4 Å². The van der Waals surface area contributed by atoms with Gasteiger partial charge in [0.15, 0.2) is 10.1 Å². The van der Waals surface area contributed by atoms with Crippen LogP contribution in [0.15, 0.2) is 24.3 Å². The molecule has 0 aliphatic carbocycles. The second-order valence-corrected chi connectivity index (χ2v) is 3.82. The van der Waals surface area contributed by atoms with Crippen LogP contribution in [0.1, 0.15) is 5.56 Å². The Bertz CT molecular complexity index is 389. The number of aryl methyl sites for hydroxylation is 1. The number of hydrogen-bond acceptors (Lipinski definition) is 3. The van der Waals surface area contributed by atoms with E-state index in [1.54, 1.807) is 0 Å². The molecule has 0 spiro atoms. The Kier molecular flexibility index (Phi) is 7.69. The van der Waals surface area contributed by atoms with E-state index in [0.717, 1.165) is 0 Å². The van der Waals surface area contributed by atoms with Crippen LogP contribution < -0.4 is 0 Å². The van der Waals surface area contributed by atoms with Gasteiger partial charge in [-0.25, -0.2) is 8.42 Å². The van der Waals surface area contributed by atoms with Crippen molar-refractivity contribution in [3.05, 3.63) is 35.9 Å². The molecule has 1 aromatic rings. The van der Waals surface area contributed by atoms with E-state index >= 15 is 0 Å². The van der Waals surface area contributed by atoms with Crippen molar-refractivity contribution in [3.8, 4) is 0 Å². The first-order valence-corrected chi connectivity index (χ1v) is 5.01. The number of hydrogen-bond donors (Lipinski definition) is 0. The molecule has 16 heavy (non-hydrogen) atoms. The van der Waals surface area contributed by atoms with Crippen molar-refractivity contribution < 1.29 is 43.2 Å². The first-order valence-electron chi connectivity index (χ1n) is 3.60. The second-order valence-electron chi connectivity index (χ2n) is 2.45. The van der Waals surface area contributed by atoms with E-state index in [9.17, 15) is 13.2 Å². The van der Waals surface area contributed by atoms with Crippen molar-refractivity contribution in [2.75, 3.05) is 0 Å². The van der Waals surface area contributed by atoms with Crippen LogP contribution in [0.3, 0.4) is 0 Å². The first kappa shape index (κ1) is 17.8. The summed E-state index contributed by atoms with van der Waals surface area (Å²) in [6, 6.07) is 10.9. The zero-order valence-corrected chi connectivity index (χ0v) is 9.64. The van der Waals surface area contributed by atoms with E-state index in [-0.39, 0.29) is 17.1 Å². The molecule has 95 valence electrons. The van der Waals surface area contributed by atoms with E-state index < -0.39 is 15.6 Å². The molecule has 0 amide bonds. The summed E-state index contributed by atoms with van der Waals surface area (Å²) in [5, 5.41) is 0. The van der Waals surface area contributed by atoms with Gasteiger partial charge in [0.2, 0.25) is 0 Å². The molecule has 0 fully saturated rings. The van der Waals surface area contributed by atoms with Crippen LogP contribution in [0.2, 0.25) is 0 Å². The SMILES string of the molecule is Cc1[c-]cccc1.O=S(=O)([O-])C(F)(F)F.[Cu+2]. The van der Waals surface area contributed by atoms with Crippen LogP contribution in [0, 0.1) is 13.0 Å². The van der Waals surface area contributed by atoms with Crippen LogP contribution in [-0.2, 0) is 27.2 Å². The van der Waals surface area contributed by atoms with Crippen molar-refractivity contribution in [1.29, 1.82) is 0 Å². The van der Waals surface area contributed by atoms with Crippen molar-refractivity contribution in [3.63, 3.8) is 0 Å². The third kappa shape index (κ3) is 7.70. The Morgan fingerprint density at radius 3 is 1.88 bits per heavy atom. The molecular formula is C8H7CuF3O3S. The molecule has 0 saturated carbocycles. The fourth-order valence-electron chi connectivity index (χ4n) is 0.483. The normalized spacial score (nSPS) is 10.8. The van der Waals surface area contributed by atoms with Gasteiger partial charge in [0.05, 0.1) is 0 Å². The minimum absolute atomic E-state index is 0. The van der Waals surface area contributed by atoms with Crippen LogP contribution >= 0.6 is 0 Å². The maximum Gasteiger partial charge on any atom is 2.00 e. The Labute approximate surface area is 102 Å². The number of alkyl halides is 3. The number of rotatable bonds is 0. The smallest absolute Gasteiger partial charge is 0.741 e. The molecule has 0 atom stereocenters. The Morgan fingerprint density at radius 1 is 1.31 bits per heavy atom. The van der Waals surface area contributed by atoms with Gasteiger partial charge in [-0.05, 0) is 0 Å². The molecule has 8 heteroatoms. The van der Waals surface area contributed by atoms with E-state index in [2.05, 4.69) is 6.07 Å². The maximum atomic E-state index is 10.7. The molecule has 3 nitrogen and oxygen atoms in total. The predicted octanol–water partition coefficient (Wildman–Crippen LogP) is 1.84. The molecule has 1 radical (unpaired) electrons. The Morgan fingerprint density at radius 2 is 1.75 bits per heavy atom. The van der Waals surface area contributed by atoms with Crippen molar-refractivity contribution >= 4 is 10.1 Å². The monoisotopic (exact) mass is 303 g/mol. The summed E-state index contributed by atoms with van der Waals surface area (Å²) in [6.07, 6.45) is 0. The fourth-order valence-corrected chi connectivity index (χ4v) is 0.483. The molecule has 0 saturated heterocycles. The molecule has 0 aliphatic heterocycles. The quantitative estimate of drug-likeness (QED) is 0.318. The average Bonchev–Trinajstić information content (AvgIpc) is 2.02. The zero-order valence-electron chi connectivity index (χ0n) is 7.88. The minimum atomic E-state index is -6.09. The van der Waals surface area contributed by atoms with Crippen LogP contribution in [0.5, 0.6) is 0 Å². The van der Waals surface area contributed by atoms with E-state index in [1.807, 2.05) is 31.2 Å². The van der Waals surface area contributed by atoms with Gasteiger partial charge in [0.25, 0.3) is 0 Å². The van der Waals surface area contributed by atoms with Crippen LogP contribution in [0.4, 0.5) is 13.2 Å². The van der Waals surface area contributed by atoms with Crippen molar-refractivity contribution in [1.82, 2.24) is 0 Å². The van der Waals surface area contributed by atoms with Gasteiger partial charge in [0, 0.05) is 0 Å². The van der Waals surface area contributed by atoms with Gasteiger partial charge in [-0.1, -0.05) is 6.92 Å². The van der Waals surface area contributed by atoms with Crippen LogP contribution in [-0.4, -0.2) is 18.5 Å². The van der Waals surface area contributed by atoms with Gasteiger partial charge in [-0.3, -0.25) is 0 Å². The largest absolute Gasteiger partial charge is 2.00 e. The van der Waals surface area contributed by atoms with Gasteiger partial charge >= 0.3 is 22.6 Å². The summed E-state index contributed by atoms with van der Waals surface area (Å²) >= 11 is 0. The third-order valence-corrected chi connectivity index (χ3v) is 1.71. The fraction of sp³-hybridized carbons (Fsp3) is 0.250. The van der Waals surface area contributed by atoms with Gasteiger partial charge < -0.3 is 4.55 Å². The zero-order chi connectivity index (χ0) is 12.1. The molecule has 0 bridgehead atoms. The molecule has 0 unspecified atom stereocenters. The maximum absolute atomic E-state index is 10.7. The summed E-state index contributed by atoms with van der Waals surface area (Å²) in [5.74, 6) is 0. The molecule has 0 aliphatic rings. The first-order chi connectivity index (χ1) is 6.64. The Balaban J connectivity index is 0. The molecule has 1 rings (SSSR count). The second kappa shape index (κ2) is 6.90. The summed E-state index contributed by atoms with van der Waals surface area (Å²) in [7, 11) is -6.09. The van der Waals surface area contributed by atoms with Crippen LogP contribution in [0.25, 0.3) is 0 Å². The summed E-state index contributed by atoms with van der Waals surface area (Å²) in [5.41, 5.74) is -4.45. The molecule has 1 aromatic carbocycles. The van der Waals surface area contributed by atoms with E-state index in [4.69, 9.17) is 13.0 Å². The molecule has 0 aromatic heterocycles. The number of halogens is 3. The Hall–Kier alpha value is -0.561. The van der Waals surface area contributed by atoms with Gasteiger partial charge in [0.1, 0.15) is 0 Å². The topological polar surface area (TPSA) is 57.2 Å². The summed E-state index contributed by atoms with van der Waals surface area (Å²) in [6.45, 7) is 2.03. The van der Waals surface area contributed by atoms with Gasteiger partial charge in [-0.15, -0.1) is 0 Å². The molecular weight excluding hydrogens is 297 g/mol. The van der Waals surface area contributed by atoms with Crippen molar-refractivity contribution in [2.24, 2.45) is 0 Å². The molecule has 0 heterocycles. The van der Waals surface area contributed by atoms with E-state index in [1.165, 1.54) is 5.56 Å². The average molecular weight is 304 g/mol. The van der Waals surface area contributed by atoms with Gasteiger partial charge in [-0.2, -0.15) is 49.1 Å². The molecule has 0 N–H and O–H groups in total.